The fourth-order valence-electron chi connectivity index (χ4n) is 3.12. The molecular formula is C19H26N4. The molecule has 0 fully saturated rings. The lowest BCUT2D eigenvalue weighted by Crippen LogP contribution is -2.30. The summed E-state index contributed by atoms with van der Waals surface area (Å²) in [6.45, 7) is 6.38. The maximum absolute atomic E-state index is 4.35. The largest absolute Gasteiger partial charge is 0.370 e. The van der Waals surface area contributed by atoms with E-state index in [9.17, 15) is 0 Å². The molecule has 0 spiro atoms. The molecule has 1 aliphatic rings. The fourth-order valence-corrected chi connectivity index (χ4v) is 3.12. The molecule has 1 aromatic carbocycles. The van der Waals surface area contributed by atoms with Gasteiger partial charge in [-0.05, 0) is 30.9 Å². The summed E-state index contributed by atoms with van der Waals surface area (Å²) in [5.41, 5.74) is 3.93. The topological polar surface area (TPSA) is 33.1 Å². The molecule has 2 aromatic rings. The Bertz CT molecular complexity index is 657. The number of aromatic nitrogens is 2. The zero-order valence-electron chi connectivity index (χ0n) is 14.1. The van der Waals surface area contributed by atoms with Crippen molar-refractivity contribution in [1.29, 1.82) is 0 Å². The Labute approximate surface area is 138 Å². The summed E-state index contributed by atoms with van der Waals surface area (Å²) < 4.78 is 1.91. The van der Waals surface area contributed by atoms with Crippen LogP contribution in [-0.4, -0.2) is 40.9 Å². The third-order valence-electron chi connectivity index (χ3n) is 4.40. The molecule has 0 amide bonds. The molecule has 0 aliphatic carbocycles. The standard InChI is InChI=1S/C19H26N4/c1-16-15-19(22(2)21-16)20-11-6-12-23-13-9-18(10-14-23)17-7-4-3-5-8-17/h3-5,7-9,15,20H,6,10-14H2,1-2H3. The monoisotopic (exact) mass is 310 g/mol. The summed E-state index contributed by atoms with van der Waals surface area (Å²) in [5, 5.41) is 7.82. The maximum Gasteiger partial charge on any atom is 0.124 e. The van der Waals surface area contributed by atoms with Crippen LogP contribution in [0.2, 0.25) is 0 Å². The molecule has 23 heavy (non-hydrogen) atoms. The van der Waals surface area contributed by atoms with Crippen molar-refractivity contribution >= 4 is 11.4 Å². The van der Waals surface area contributed by atoms with E-state index in [0.717, 1.165) is 50.5 Å². The molecule has 0 unspecified atom stereocenters. The Morgan fingerprint density at radius 3 is 2.70 bits per heavy atom. The lowest BCUT2D eigenvalue weighted by molar-refractivity contribution is 0.301. The van der Waals surface area contributed by atoms with E-state index in [0.29, 0.717) is 0 Å². The van der Waals surface area contributed by atoms with Crippen LogP contribution in [0.1, 0.15) is 24.1 Å². The van der Waals surface area contributed by atoms with E-state index >= 15 is 0 Å². The first kappa shape index (κ1) is 15.8. The summed E-state index contributed by atoms with van der Waals surface area (Å²) >= 11 is 0. The second-order valence-corrected chi connectivity index (χ2v) is 6.22. The smallest absolute Gasteiger partial charge is 0.124 e. The van der Waals surface area contributed by atoms with Crippen molar-refractivity contribution in [3.05, 3.63) is 53.7 Å². The number of nitrogens with zero attached hydrogens (tertiary/aromatic N) is 3. The highest BCUT2D eigenvalue weighted by Crippen LogP contribution is 2.21. The molecule has 2 heterocycles. The summed E-state index contributed by atoms with van der Waals surface area (Å²) in [6.07, 6.45) is 4.69. The van der Waals surface area contributed by atoms with E-state index in [2.05, 4.69) is 57.8 Å². The molecule has 0 saturated carbocycles. The van der Waals surface area contributed by atoms with Gasteiger partial charge >= 0.3 is 0 Å². The highest BCUT2D eigenvalue weighted by Gasteiger charge is 2.12. The van der Waals surface area contributed by atoms with E-state index in [1.165, 1.54) is 11.1 Å². The number of aryl methyl sites for hydroxylation is 2. The van der Waals surface area contributed by atoms with Gasteiger partial charge in [-0.25, -0.2) is 0 Å². The normalized spacial score (nSPS) is 15.5. The molecule has 0 radical (unpaired) electrons. The Morgan fingerprint density at radius 1 is 1.22 bits per heavy atom. The van der Waals surface area contributed by atoms with Crippen molar-refractivity contribution in [2.75, 3.05) is 31.5 Å². The van der Waals surface area contributed by atoms with E-state index in [4.69, 9.17) is 0 Å². The summed E-state index contributed by atoms with van der Waals surface area (Å²) in [7, 11) is 1.98. The van der Waals surface area contributed by atoms with Gasteiger partial charge in [0.05, 0.1) is 5.69 Å². The summed E-state index contributed by atoms with van der Waals surface area (Å²) in [4.78, 5) is 2.53. The van der Waals surface area contributed by atoms with Crippen molar-refractivity contribution in [2.45, 2.75) is 19.8 Å². The number of hydrogen-bond acceptors (Lipinski definition) is 3. The summed E-state index contributed by atoms with van der Waals surface area (Å²) in [5.74, 6) is 1.10. The molecule has 1 N–H and O–H groups in total. The van der Waals surface area contributed by atoms with Gasteiger partial charge in [-0.3, -0.25) is 9.58 Å². The molecule has 0 bridgehead atoms. The van der Waals surface area contributed by atoms with Gasteiger partial charge in [0.2, 0.25) is 0 Å². The average molecular weight is 310 g/mol. The van der Waals surface area contributed by atoms with Gasteiger partial charge in [-0.2, -0.15) is 5.10 Å². The zero-order chi connectivity index (χ0) is 16.1. The minimum absolute atomic E-state index is 0.991. The maximum atomic E-state index is 4.35. The van der Waals surface area contributed by atoms with E-state index < -0.39 is 0 Å². The third kappa shape index (κ3) is 4.23. The number of rotatable bonds is 6. The molecule has 1 aromatic heterocycles. The van der Waals surface area contributed by atoms with Crippen LogP contribution < -0.4 is 5.32 Å². The molecule has 122 valence electrons. The zero-order valence-corrected chi connectivity index (χ0v) is 14.1. The lowest BCUT2D eigenvalue weighted by atomic mass is 9.99. The van der Waals surface area contributed by atoms with E-state index in [-0.39, 0.29) is 0 Å². The van der Waals surface area contributed by atoms with Gasteiger partial charge < -0.3 is 5.32 Å². The SMILES string of the molecule is Cc1cc(NCCCN2CC=C(c3ccccc3)CC2)n(C)n1. The number of benzene rings is 1. The number of hydrogen-bond donors (Lipinski definition) is 1. The second-order valence-electron chi connectivity index (χ2n) is 6.22. The first-order valence-corrected chi connectivity index (χ1v) is 8.44. The Kier molecular flexibility index (Phi) is 5.13. The van der Waals surface area contributed by atoms with Gasteiger partial charge in [0.15, 0.2) is 0 Å². The predicted molar refractivity (Wildman–Crippen MR) is 96.5 cm³/mol. The number of nitrogens with one attached hydrogen (secondary N) is 1. The van der Waals surface area contributed by atoms with Gasteiger partial charge in [-0.1, -0.05) is 36.4 Å². The van der Waals surface area contributed by atoms with E-state index in [1.54, 1.807) is 0 Å². The van der Waals surface area contributed by atoms with Crippen LogP contribution in [0.25, 0.3) is 5.57 Å². The molecular weight excluding hydrogens is 284 g/mol. The van der Waals surface area contributed by atoms with Crippen LogP contribution in [0.5, 0.6) is 0 Å². The fraction of sp³-hybridized carbons (Fsp3) is 0.421. The molecule has 0 saturated heterocycles. The summed E-state index contributed by atoms with van der Waals surface area (Å²) in [6, 6.07) is 12.8. The molecule has 0 atom stereocenters. The minimum Gasteiger partial charge on any atom is -0.370 e. The van der Waals surface area contributed by atoms with Gasteiger partial charge in [0.1, 0.15) is 5.82 Å². The molecule has 1 aliphatic heterocycles. The van der Waals surface area contributed by atoms with E-state index in [1.807, 2.05) is 18.7 Å². The van der Waals surface area contributed by atoms with Gasteiger partial charge in [-0.15, -0.1) is 0 Å². The highest BCUT2D eigenvalue weighted by atomic mass is 15.3. The number of anilines is 1. The van der Waals surface area contributed by atoms with Crippen molar-refractivity contribution < 1.29 is 0 Å². The predicted octanol–water partition coefficient (Wildman–Crippen LogP) is 3.32. The van der Waals surface area contributed by atoms with Crippen LogP contribution in [0.15, 0.2) is 42.5 Å². The highest BCUT2D eigenvalue weighted by molar-refractivity contribution is 5.66. The van der Waals surface area contributed by atoms with Crippen LogP contribution in [0.4, 0.5) is 5.82 Å². The Hall–Kier alpha value is -2.07. The quantitative estimate of drug-likeness (QED) is 0.831. The van der Waals surface area contributed by atoms with Gasteiger partial charge in [0.25, 0.3) is 0 Å². The second kappa shape index (κ2) is 7.47. The Morgan fingerprint density at radius 2 is 2.04 bits per heavy atom. The van der Waals surface area contributed by atoms with Crippen molar-refractivity contribution in [1.82, 2.24) is 14.7 Å². The molecule has 3 rings (SSSR count). The first-order chi connectivity index (χ1) is 11.2. The van der Waals surface area contributed by atoms with Crippen molar-refractivity contribution in [3.63, 3.8) is 0 Å². The van der Waals surface area contributed by atoms with Gasteiger partial charge in [0, 0.05) is 39.3 Å². The average Bonchev–Trinajstić information content (AvgIpc) is 2.90. The third-order valence-corrected chi connectivity index (χ3v) is 4.40. The first-order valence-electron chi connectivity index (χ1n) is 8.44. The lowest BCUT2D eigenvalue weighted by Gasteiger charge is -2.26. The Balaban J connectivity index is 1.41. The van der Waals surface area contributed by atoms with Crippen molar-refractivity contribution in [2.24, 2.45) is 7.05 Å². The van der Waals surface area contributed by atoms with Crippen LogP contribution in [0.3, 0.4) is 0 Å². The molecule has 4 nitrogen and oxygen atoms in total. The van der Waals surface area contributed by atoms with Crippen LogP contribution >= 0.6 is 0 Å². The van der Waals surface area contributed by atoms with Crippen LogP contribution in [-0.2, 0) is 7.05 Å². The molecule has 4 heteroatoms. The van der Waals surface area contributed by atoms with Crippen LogP contribution in [0, 0.1) is 6.92 Å². The minimum atomic E-state index is 0.991. The van der Waals surface area contributed by atoms with Crippen molar-refractivity contribution in [3.8, 4) is 0 Å².